The summed E-state index contributed by atoms with van der Waals surface area (Å²) >= 11 is 1.45. The van der Waals surface area contributed by atoms with E-state index in [9.17, 15) is 18.8 Å². The van der Waals surface area contributed by atoms with Crippen LogP contribution >= 0.6 is 11.8 Å². The Kier molecular flexibility index (Phi) is 4.51. The second kappa shape index (κ2) is 6.57. The fraction of sp³-hybridized carbons (Fsp3) is 0.400. The Morgan fingerprint density at radius 2 is 2.22 bits per heavy atom. The van der Waals surface area contributed by atoms with E-state index in [1.54, 1.807) is 6.07 Å². The van der Waals surface area contributed by atoms with Gasteiger partial charge in [-0.1, -0.05) is 12.1 Å². The normalized spacial score (nSPS) is 23.0. The number of halogens is 1. The number of fused-ring (bicyclic) bond motifs is 1. The van der Waals surface area contributed by atoms with Crippen LogP contribution in [0.25, 0.3) is 0 Å². The maximum atomic E-state index is 13.8. The molecule has 0 bridgehead atoms. The molecule has 0 unspecified atom stereocenters. The third-order valence-electron chi connectivity index (χ3n) is 3.88. The molecule has 0 aliphatic carbocycles. The molecule has 8 heteroatoms. The van der Waals surface area contributed by atoms with Gasteiger partial charge in [-0.15, -0.1) is 11.8 Å². The van der Waals surface area contributed by atoms with E-state index in [-0.39, 0.29) is 30.6 Å². The van der Waals surface area contributed by atoms with E-state index >= 15 is 0 Å². The summed E-state index contributed by atoms with van der Waals surface area (Å²) < 4.78 is 13.8. The minimum atomic E-state index is -0.667. The first-order valence-electron chi connectivity index (χ1n) is 7.36. The molecule has 2 heterocycles. The second-order valence-corrected chi connectivity index (χ2v) is 6.57. The van der Waals surface area contributed by atoms with Crippen LogP contribution in [0.15, 0.2) is 23.1 Å². The van der Waals surface area contributed by atoms with Crippen molar-refractivity contribution in [3.05, 3.63) is 29.6 Å². The molecular weight excluding hydrogens is 321 g/mol. The van der Waals surface area contributed by atoms with Gasteiger partial charge in [0.25, 0.3) is 5.91 Å². The van der Waals surface area contributed by atoms with Crippen molar-refractivity contribution in [2.45, 2.75) is 36.2 Å². The Balaban J connectivity index is 1.58. The van der Waals surface area contributed by atoms with Crippen molar-refractivity contribution >= 4 is 29.6 Å². The molecule has 1 saturated heterocycles. The summed E-state index contributed by atoms with van der Waals surface area (Å²) in [6, 6.07) is 3.45. The van der Waals surface area contributed by atoms with E-state index in [0.717, 1.165) is 17.7 Å². The molecule has 2 atom stereocenters. The zero-order valence-electron chi connectivity index (χ0n) is 12.2. The maximum absolute atomic E-state index is 13.8. The topological polar surface area (TPSA) is 87.3 Å². The van der Waals surface area contributed by atoms with Gasteiger partial charge in [-0.3, -0.25) is 14.9 Å². The Labute approximate surface area is 136 Å². The summed E-state index contributed by atoms with van der Waals surface area (Å²) in [4.78, 5) is 35.1. The monoisotopic (exact) mass is 337 g/mol. The Hall–Kier alpha value is -2.09. The van der Waals surface area contributed by atoms with Crippen molar-refractivity contribution in [1.82, 2.24) is 16.0 Å². The van der Waals surface area contributed by atoms with Crippen molar-refractivity contribution in [3.8, 4) is 0 Å². The third-order valence-corrected chi connectivity index (χ3v) is 5.04. The van der Waals surface area contributed by atoms with E-state index in [2.05, 4.69) is 16.0 Å². The number of carbonyl (C=O) groups is 3. The van der Waals surface area contributed by atoms with Gasteiger partial charge in [-0.05, 0) is 24.5 Å². The molecule has 1 aromatic carbocycles. The molecule has 3 N–H and O–H groups in total. The molecule has 0 radical (unpaired) electrons. The summed E-state index contributed by atoms with van der Waals surface area (Å²) in [5.41, 5.74) is 0.793. The van der Waals surface area contributed by atoms with Gasteiger partial charge in [0.2, 0.25) is 5.91 Å². The largest absolute Gasteiger partial charge is 0.349 e. The van der Waals surface area contributed by atoms with Crippen LogP contribution < -0.4 is 16.0 Å². The van der Waals surface area contributed by atoms with Crippen LogP contribution in [0.1, 0.15) is 30.9 Å². The van der Waals surface area contributed by atoms with Crippen molar-refractivity contribution in [1.29, 1.82) is 0 Å². The third kappa shape index (κ3) is 3.47. The highest BCUT2D eigenvalue weighted by atomic mass is 32.2. The fourth-order valence-corrected chi connectivity index (χ4v) is 3.88. The molecule has 3 rings (SSSR count). The average molecular weight is 337 g/mol. The molecule has 0 saturated carbocycles. The highest BCUT2D eigenvalue weighted by molar-refractivity contribution is 7.99. The van der Waals surface area contributed by atoms with Crippen LogP contribution in [0.4, 0.5) is 9.18 Å². The molecular formula is C15H16FN3O3S. The highest BCUT2D eigenvalue weighted by Crippen LogP contribution is 2.37. The Bertz CT molecular complexity index is 667. The molecule has 122 valence electrons. The van der Waals surface area contributed by atoms with Gasteiger partial charge in [-0.2, -0.15) is 0 Å². The zero-order chi connectivity index (χ0) is 16.4. The smallest absolute Gasteiger partial charge is 0.322 e. The quantitative estimate of drug-likeness (QED) is 0.726. The minimum absolute atomic E-state index is 0.118. The van der Waals surface area contributed by atoms with Crippen molar-refractivity contribution in [2.24, 2.45) is 0 Å². The first-order valence-corrected chi connectivity index (χ1v) is 8.35. The summed E-state index contributed by atoms with van der Waals surface area (Å²) in [7, 11) is 0. The lowest BCUT2D eigenvalue weighted by Gasteiger charge is -2.26. The van der Waals surface area contributed by atoms with Crippen LogP contribution in [-0.2, 0) is 9.59 Å². The molecule has 1 fully saturated rings. The summed E-state index contributed by atoms with van der Waals surface area (Å²) in [5.74, 6) is -0.160. The van der Waals surface area contributed by atoms with E-state index in [1.165, 1.54) is 17.8 Å². The standard InChI is InChI=1S/C15H16FN3O3S/c16-9-3-1-2-8-10(6-7-23-13(8)9)17-12(20)5-4-11-14(21)19-15(22)18-11/h1-3,10-11H,4-7H2,(H,17,20)(H2,18,19,21,22)/t10-,11-/m0/s1. The van der Waals surface area contributed by atoms with Crippen LogP contribution in [0.5, 0.6) is 0 Å². The van der Waals surface area contributed by atoms with E-state index < -0.39 is 18.0 Å². The SMILES string of the molecule is O=C(CC[C@@H]1NC(=O)NC1=O)N[C@H]1CCSc2c(F)cccc21. The number of amides is 4. The number of benzene rings is 1. The minimum Gasteiger partial charge on any atom is -0.349 e. The van der Waals surface area contributed by atoms with Gasteiger partial charge in [-0.25, -0.2) is 9.18 Å². The number of hydrogen-bond acceptors (Lipinski definition) is 4. The fourth-order valence-electron chi connectivity index (χ4n) is 2.74. The summed E-state index contributed by atoms with van der Waals surface area (Å²) in [6.45, 7) is 0. The Morgan fingerprint density at radius 3 is 2.96 bits per heavy atom. The molecule has 23 heavy (non-hydrogen) atoms. The number of hydrogen-bond donors (Lipinski definition) is 3. The number of nitrogens with one attached hydrogen (secondary N) is 3. The van der Waals surface area contributed by atoms with Crippen LogP contribution in [0.2, 0.25) is 0 Å². The molecule has 0 spiro atoms. The Morgan fingerprint density at radius 1 is 1.39 bits per heavy atom. The number of imide groups is 1. The van der Waals surface area contributed by atoms with Gasteiger partial charge in [0, 0.05) is 17.1 Å². The predicted molar refractivity (Wildman–Crippen MR) is 82.3 cm³/mol. The molecule has 2 aliphatic heterocycles. The summed E-state index contributed by atoms with van der Waals surface area (Å²) in [6.07, 6.45) is 1.08. The molecule has 0 aromatic heterocycles. The van der Waals surface area contributed by atoms with Gasteiger partial charge >= 0.3 is 6.03 Å². The lowest BCUT2D eigenvalue weighted by atomic mass is 10.0. The number of rotatable bonds is 4. The van der Waals surface area contributed by atoms with Gasteiger partial charge in [0.15, 0.2) is 0 Å². The summed E-state index contributed by atoms with van der Waals surface area (Å²) in [5, 5.41) is 7.47. The molecule has 2 aliphatic rings. The molecule has 4 amide bonds. The maximum Gasteiger partial charge on any atom is 0.322 e. The molecule has 1 aromatic rings. The van der Waals surface area contributed by atoms with Crippen molar-refractivity contribution < 1.29 is 18.8 Å². The number of carbonyl (C=O) groups excluding carboxylic acids is 3. The van der Waals surface area contributed by atoms with Gasteiger partial charge in [0.1, 0.15) is 11.9 Å². The number of thioether (sulfide) groups is 1. The van der Waals surface area contributed by atoms with E-state index in [0.29, 0.717) is 4.90 Å². The zero-order valence-corrected chi connectivity index (χ0v) is 13.0. The van der Waals surface area contributed by atoms with Crippen LogP contribution in [-0.4, -0.2) is 29.6 Å². The average Bonchev–Trinajstić information content (AvgIpc) is 2.84. The van der Waals surface area contributed by atoms with Crippen molar-refractivity contribution in [3.63, 3.8) is 0 Å². The number of urea groups is 1. The van der Waals surface area contributed by atoms with Gasteiger partial charge < -0.3 is 10.6 Å². The predicted octanol–water partition coefficient (Wildman–Crippen LogP) is 1.47. The van der Waals surface area contributed by atoms with Crippen LogP contribution in [0.3, 0.4) is 0 Å². The molecule has 6 nitrogen and oxygen atoms in total. The second-order valence-electron chi connectivity index (χ2n) is 5.47. The van der Waals surface area contributed by atoms with E-state index in [1.807, 2.05) is 6.07 Å². The highest BCUT2D eigenvalue weighted by Gasteiger charge is 2.30. The van der Waals surface area contributed by atoms with Crippen molar-refractivity contribution in [2.75, 3.05) is 5.75 Å². The lowest BCUT2D eigenvalue weighted by Crippen LogP contribution is -2.34. The first-order chi connectivity index (χ1) is 11.0. The first kappa shape index (κ1) is 15.8. The van der Waals surface area contributed by atoms with Crippen LogP contribution in [0, 0.1) is 5.82 Å². The van der Waals surface area contributed by atoms with E-state index in [4.69, 9.17) is 0 Å². The van der Waals surface area contributed by atoms with Gasteiger partial charge in [0.05, 0.1) is 6.04 Å². The lowest BCUT2D eigenvalue weighted by molar-refractivity contribution is -0.122.